The van der Waals surface area contributed by atoms with Gasteiger partial charge in [-0.1, -0.05) is 35.9 Å². The number of rotatable bonds is 6. The highest BCUT2D eigenvalue weighted by molar-refractivity contribution is 6.09. The lowest BCUT2D eigenvalue weighted by Gasteiger charge is -2.10. The van der Waals surface area contributed by atoms with Crippen LogP contribution in [0.1, 0.15) is 44.1 Å². The van der Waals surface area contributed by atoms with Crippen LogP contribution < -0.4 is 10.6 Å². The molecule has 30 heavy (non-hydrogen) atoms. The van der Waals surface area contributed by atoms with Crippen LogP contribution in [-0.2, 0) is 12.8 Å². The van der Waals surface area contributed by atoms with E-state index in [4.69, 9.17) is 0 Å². The first-order valence-electron chi connectivity index (χ1n) is 10.1. The van der Waals surface area contributed by atoms with Gasteiger partial charge in [0.05, 0.1) is 16.9 Å². The second-order valence-electron chi connectivity index (χ2n) is 7.37. The zero-order valence-corrected chi connectivity index (χ0v) is 16.9. The molecule has 0 aliphatic heterocycles. The molecule has 3 aromatic rings. The zero-order chi connectivity index (χ0) is 21.1. The molecule has 1 aliphatic carbocycles. The molecular formula is C24H24N4O2. The lowest BCUT2D eigenvalue weighted by molar-refractivity contribution is 0.0959. The highest BCUT2D eigenvalue weighted by Crippen LogP contribution is 2.29. The summed E-state index contributed by atoms with van der Waals surface area (Å²) in [5.41, 5.74) is 5.48. The van der Waals surface area contributed by atoms with Crippen molar-refractivity contribution in [3.63, 3.8) is 0 Å². The predicted octanol–water partition coefficient (Wildman–Crippen LogP) is 3.84. The first kappa shape index (κ1) is 19.6. The van der Waals surface area contributed by atoms with Crippen molar-refractivity contribution >= 4 is 17.5 Å². The third kappa shape index (κ3) is 3.76. The van der Waals surface area contributed by atoms with Crippen molar-refractivity contribution in [1.82, 2.24) is 15.1 Å². The average molecular weight is 400 g/mol. The summed E-state index contributed by atoms with van der Waals surface area (Å²) in [6.45, 7) is 6.00. The van der Waals surface area contributed by atoms with Crippen molar-refractivity contribution < 1.29 is 9.59 Å². The smallest absolute Gasteiger partial charge is 0.276 e. The van der Waals surface area contributed by atoms with Crippen LogP contribution in [0.3, 0.4) is 0 Å². The van der Waals surface area contributed by atoms with Gasteiger partial charge in [0.1, 0.15) is 0 Å². The molecule has 1 aromatic heterocycles. The Kier molecular flexibility index (Phi) is 5.48. The van der Waals surface area contributed by atoms with Gasteiger partial charge in [-0.05, 0) is 50.5 Å². The predicted molar refractivity (Wildman–Crippen MR) is 117 cm³/mol. The van der Waals surface area contributed by atoms with Crippen LogP contribution in [0, 0.1) is 6.92 Å². The van der Waals surface area contributed by atoms with Gasteiger partial charge in [0.2, 0.25) is 0 Å². The van der Waals surface area contributed by atoms with Crippen molar-refractivity contribution in [3.05, 3.63) is 89.3 Å². The number of para-hydroxylation sites is 1. The topological polar surface area (TPSA) is 76.0 Å². The highest BCUT2D eigenvalue weighted by atomic mass is 16.2. The molecule has 0 radical (unpaired) electrons. The van der Waals surface area contributed by atoms with E-state index in [1.807, 2.05) is 35.9 Å². The summed E-state index contributed by atoms with van der Waals surface area (Å²) in [5.74, 6) is -0.566. The number of carbonyl (C=O) groups is 2. The van der Waals surface area contributed by atoms with E-state index in [2.05, 4.69) is 22.3 Å². The zero-order valence-electron chi connectivity index (χ0n) is 16.9. The molecule has 6 heteroatoms. The molecule has 0 saturated heterocycles. The minimum Gasteiger partial charge on any atom is -0.349 e. The van der Waals surface area contributed by atoms with Gasteiger partial charge in [0, 0.05) is 17.8 Å². The van der Waals surface area contributed by atoms with Gasteiger partial charge in [0.15, 0.2) is 5.69 Å². The van der Waals surface area contributed by atoms with Crippen molar-refractivity contribution in [2.24, 2.45) is 0 Å². The third-order valence-electron chi connectivity index (χ3n) is 5.25. The van der Waals surface area contributed by atoms with Gasteiger partial charge in [-0.25, -0.2) is 4.68 Å². The molecule has 2 N–H and O–H groups in total. The molecule has 0 spiro atoms. The summed E-state index contributed by atoms with van der Waals surface area (Å²) in [6, 6.07) is 15.1. The maximum absolute atomic E-state index is 13.1. The van der Waals surface area contributed by atoms with E-state index in [1.165, 1.54) is 5.56 Å². The summed E-state index contributed by atoms with van der Waals surface area (Å²) < 4.78 is 1.87. The highest BCUT2D eigenvalue weighted by Gasteiger charge is 2.27. The first-order valence-corrected chi connectivity index (χ1v) is 10.1. The number of aryl methyl sites for hydroxylation is 1. The fraction of sp³-hybridized carbons (Fsp3) is 0.208. The molecule has 0 fully saturated rings. The number of hydrogen-bond donors (Lipinski definition) is 2. The Morgan fingerprint density at radius 3 is 2.63 bits per heavy atom. The number of fused-ring (bicyclic) bond motifs is 1. The number of nitrogens with one attached hydrogen (secondary N) is 2. The van der Waals surface area contributed by atoms with E-state index in [0.717, 1.165) is 36.2 Å². The minimum atomic E-state index is -0.303. The second kappa shape index (κ2) is 8.37. The van der Waals surface area contributed by atoms with Gasteiger partial charge < -0.3 is 10.6 Å². The summed E-state index contributed by atoms with van der Waals surface area (Å²) in [7, 11) is 0. The van der Waals surface area contributed by atoms with Crippen LogP contribution in [-0.4, -0.2) is 28.1 Å². The first-order chi connectivity index (χ1) is 14.6. The molecule has 2 aromatic carbocycles. The maximum Gasteiger partial charge on any atom is 0.276 e. The Morgan fingerprint density at radius 1 is 1.10 bits per heavy atom. The number of amides is 2. The van der Waals surface area contributed by atoms with Gasteiger partial charge in [-0.2, -0.15) is 5.10 Å². The Balaban J connectivity index is 1.64. The van der Waals surface area contributed by atoms with Crippen molar-refractivity contribution in [3.8, 4) is 5.69 Å². The van der Waals surface area contributed by atoms with E-state index >= 15 is 0 Å². The SMILES string of the molecule is C=CCNC(=O)c1ccccc1NC(=O)c1nn(-c2ccc(C)cc2)c2c1CCC2. The molecule has 1 heterocycles. The normalized spacial score (nSPS) is 12.3. The van der Waals surface area contributed by atoms with Crippen LogP contribution in [0.4, 0.5) is 5.69 Å². The minimum absolute atomic E-state index is 0.263. The standard InChI is InChI=1S/C24H24N4O2/c1-3-15-25-23(29)18-7-4-5-9-20(18)26-24(30)22-19-8-6-10-21(19)28(27-22)17-13-11-16(2)12-14-17/h3-5,7,9,11-14H,1,6,8,10,15H2,2H3,(H,25,29)(H,26,30). The van der Waals surface area contributed by atoms with E-state index in [1.54, 1.807) is 30.3 Å². The van der Waals surface area contributed by atoms with Gasteiger partial charge >= 0.3 is 0 Å². The van der Waals surface area contributed by atoms with Gasteiger partial charge in [0.25, 0.3) is 11.8 Å². The maximum atomic E-state index is 13.1. The summed E-state index contributed by atoms with van der Waals surface area (Å²) in [5, 5.41) is 10.3. The molecule has 2 amide bonds. The van der Waals surface area contributed by atoms with Gasteiger partial charge in [-0.15, -0.1) is 6.58 Å². The number of anilines is 1. The number of benzene rings is 2. The Hall–Kier alpha value is -3.67. The molecule has 0 atom stereocenters. The lowest BCUT2D eigenvalue weighted by atomic mass is 10.1. The molecular weight excluding hydrogens is 376 g/mol. The number of nitrogens with zero attached hydrogens (tertiary/aromatic N) is 2. The monoisotopic (exact) mass is 400 g/mol. The summed E-state index contributed by atoms with van der Waals surface area (Å²) in [4.78, 5) is 25.5. The van der Waals surface area contributed by atoms with Crippen LogP contribution >= 0.6 is 0 Å². The Labute approximate surface area is 175 Å². The van der Waals surface area contributed by atoms with Crippen LogP contribution in [0.5, 0.6) is 0 Å². The number of carbonyl (C=O) groups excluding carboxylic acids is 2. The van der Waals surface area contributed by atoms with Gasteiger partial charge in [-0.3, -0.25) is 9.59 Å². The summed E-state index contributed by atoms with van der Waals surface area (Å²) in [6.07, 6.45) is 4.33. The van der Waals surface area contributed by atoms with Crippen molar-refractivity contribution in [2.75, 3.05) is 11.9 Å². The fourth-order valence-corrected chi connectivity index (χ4v) is 3.75. The number of aromatic nitrogens is 2. The van der Waals surface area contributed by atoms with Crippen molar-refractivity contribution in [1.29, 1.82) is 0 Å². The van der Waals surface area contributed by atoms with Crippen LogP contribution in [0.15, 0.2) is 61.2 Å². The van der Waals surface area contributed by atoms with Crippen LogP contribution in [0.25, 0.3) is 5.69 Å². The van der Waals surface area contributed by atoms with Crippen molar-refractivity contribution in [2.45, 2.75) is 26.2 Å². The quantitative estimate of drug-likeness (QED) is 0.618. The third-order valence-corrected chi connectivity index (χ3v) is 5.25. The molecule has 6 nitrogen and oxygen atoms in total. The number of hydrogen-bond acceptors (Lipinski definition) is 3. The summed E-state index contributed by atoms with van der Waals surface area (Å²) >= 11 is 0. The molecule has 152 valence electrons. The molecule has 0 saturated carbocycles. The van der Waals surface area contributed by atoms with E-state index in [-0.39, 0.29) is 11.8 Å². The molecule has 4 rings (SSSR count). The Morgan fingerprint density at radius 2 is 1.87 bits per heavy atom. The molecule has 1 aliphatic rings. The average Bonchev–Trinajstić information content (AvgIpc) is 3.36. The van der Waals surface area contributed by atoms with E-state index in [0.29, 0.717) is 23.5 Å². The molecule has 0 bridgehead atoms. The second-order valence-corrected chi connectivity index (χ2v) is 7.37. The van der Waals surface area contributed by atoms with Crippen LogP contribution in [0.2, 0.25) is 0 Å². The largest absolute Gasteiger partial charge is 0.349 e. The fourth-order valence-electron chi connectivity index (χ4n) is 3.75. The molecule has 0 unspecified atom stereocenters. The van der Waals surface area contributed by atoms with E-state index in [9.17, 15) is 9.59 Å². The van der Waals surface area contributed by atoms with E-state index < -0.39 is 0 Å². The Bertz CT molecular complexity index is 1110. The lowest BCUT2D eigenvalue weighted by Crippen LogP contribution is -2.25.